The number of anilines is 1. The van der Waals surface area contributed by atoms with E-state index in [1.165, 1.54) is 0 Å². The predicted octanol–water partition coefficient (Wildman–Crippen LogP) is 1.81. The lowest BCUT2D eigenvalue weighted by Gasteiger charge is -1.97. The maximum Gasteiger partial charge on any atom is 0.222 e. The van der Waals surface area contributed by atoms with Crippen LogP contribution in [0.2, 0.25) is 0 Å². The summed E-state index contributed by atoms with van der Waals surface area (Å²) in [5.74, 6) is 0.320. The van der Waals surface area contributed by atoms with E-state index in [0.29, 0.717) is 5.88 Å². The second-order valence-corrected chi connectivity index (χ2v) is 3.67. The van der Waals surface area contributed by atoms with Crippen molar-refractivity contribution in [2.75, 3.05) is 5.73 Å². The lowest BCUT2D eigenvalue weighted by molar-refractivity contribution is 0.439. The van der Waals surface area contributed by atoms with Crippen LogP contribution in [0.15, 0.2) is 35.1 Å². The highest BCUT2D eigenvalue weighted by molar-refractivity contribution is 5.81. The topological polar surface area (TPSA) is 69.9 Å². The van der Waals surface area contributed by atoms with Crippen molar-refractivity contribution in [3.8, 4) is 11.3 Å². The predicted molar refractivity (Wildman–Crippen MR) is 60.6 cm³/mol. The molecule has 0 atom stereocenters. The third kappa shape index (κ3) is 1.25. The summed E-state index contributed by atoms with van der Waals surface area (Å²) >= 11 is 0. The average molecular weight is 214 g/mol. The molecule has 0 aliphatic heterocycles. The normalized spacial score (nSPS) is 11.1. The van der Waals surface area contributed by atoms with Gasteiger partial charge in [0, 0.05) is 18.7 Å². The lowest BCUT2D eigenvalue weighted by Crippen LogP contribution is -1.84. The first kappa shape index (κ1) is 8.96. The molecule has 2 heterocycles. The van der Waals surface area contributed by atoms with Crippen molar-refractivity contribution >= 4 is 16.9 Å². The smallest absolute Gasteiger partial charge is 0.222 e. The Balaban J connectivity index is 2.21. The quantitative estimate of drug-likeness (QED) is 0.670. The molecule has 0 unspecified atom stereocenters. The fraction of sp³-hybridized carbons (Fsp3) is 0.0909. The van der Waals surface area contributed by atoms with E-state index in [9.17, 15) is 0 Å². The number of fused-ring (bicyclic) bond motifs is 1. The largest absolute Gasteiger partial charge is 0.368 e. The summed E-state index contributed by atoms with van der Waals surface area (Å²) in [6, 6.07) is 7.62. The van der Waals surface area contributed by atoms with E-state index in [1.807, 2.05) is 29.8 Å². The minimum Gasteiger partial charge on any atom is -0.368 e. The Bertz CT molecular complexity index is 653. The van der Waals surface area contributed by atoms with Crippen LogP contribution >= 0.6 is 0 Å². The van der Waals surface area contributed by atoms with Crippen molar-refractivity contribution < 1.29 is 4.52 Å². The molecule has 0 aliphatic rings. The Hall–Kier alpha value is -2.30. The summed E-state index contributed by atoms with van der Waals surface area (Å²) in [6.07, 6.45) is 1.78. The van der Waals surface area contributed by atoms with E-state index in [1.54, 1.807) is 12.4 Å². The molecule has 5 heteroatoms. The highest BCUT2D eigenvalue weighted by atomic mass is 16.5. The third-order valence-corrected chi connectivity index (χ3v) is 2.55. The third-order valence-electron chi connectivity index (χ3n) is 2.55. The van der Waals surface area contributed by atoms with Crippen molar-refractivity contribution in [2.24, 2.45) is 7.05 Å². The van der Waals surface area contributed by atoms with Crippen LogP contribution in [0.3, 0.4) is 0 Å². The Morgan fingerprint density at radius 3 is 2.94 bits per heavy atom. The molecule has 0 radical (unpaired) electrons. The molecule has 2 N–H and O–H groups in total. The van der Waals surface area contributed by atoms with Crippen LogP contribution in [-0.4, -0.2) is 14.7 Å². The monoisotopic (exact) mass is 214 g/mol. The molecule has 0 aliphatic carbocycles. The maximum absolute atomic E-state index is 5.49. The molecule has 0 amide bonds. The van der Waals surface area contributed by atoms with Gasteiger partial charge in [-0.05, 0) is 12.1 Å². The standard InChI is InChI=1S/C11H10N4O/c1-15-6-13-8-3-2-7(4-10(8)15)9-5-11(12)16-14-9/h2-6H,12H2,1H3. The number of rotatable bonds is 1. The fourth-order valence-electron chi connectivity index (χ4n) is 1.71. The molecule has 0 fully saturated rings. The van der Waals surface area contributed by atoms with Crippen LogP contribution in [0.25, 0.3) is 22.3 Å². The van der Waals surface area contributed by atoms with E-state index in [-0.39, 0.29) is 0 Å². The summed E-state index contributed by atoms with van der Waals surface area (Å²) in [7, 11) is 1.95. The minimum absolute atomic E-state index is 0.320. The van der Waals surface area contributed by atoms with E-state index in [4.69, 9.17) is 10.3 Å². The van der Waals surface area contributed by atoms with Gasteiger partial charge in [0.25, 0.3) is 0 Å². The van der Waals surface area contributed by atoms with Crippen LogP contribution < -0.4 is 5.73 Å². The van der Waals surface area contributed by atoms with Crippen LogP contribution in [0.5, 0.6) is 0 Å². The molecular formula is C11H10N4O. The molecule has 80 valence electrons. The zero-order chi connectivity index (χ0) is 11.1. The van der Waals surface area contributed by atoms with Crippen LogP contribution in [0, 0.1) is 0 Å². The molecule has 0 bridgehead atoms. The van der Waals surface area contributed by atoms with Gasteiger partial charge in [0.15, 0.2) is 0 Å². The second-order valence-electron chi connectivity index (χ2n) is 3.67. The van der Waals surface area contributed by atoms with Crippen molar-refractivity contribution in [2.45, 2.75) is 0 Å². The Labute approximate surface area is 91.5 Å². The number of benzene rings is 1. The first-order valence-electron chi connectivity index (χ1n) is 4.88. The molecule has 5 nitrogen and oxygen atoms in total. The number of aromatic nitrogens is 3. The molecule has 0 spiro atoms. The molecule has 16 heavy (non-hydrogen) atoms. The van der Waals surface area contributed by atoms with Crippen molar-refractivity contribution in [1.82, 2.24) is 14.7 Å². The maximum atomic E-state index is 5.49. The number of nitrogen functional groups attached to an aromatic ring is 1. The average Bonchev–Trinajstić information content (AvgIpc) is 2.86. The summed E-state index contributed by atoms with van der Waals surface area (Å²) in [6.45, 7) is 0. The molecule has 3 rings (SSSR count). The van der Waals surface area contributed by atoms with Crippen molar-refractivity contribution in [1.29, 1.82) is 0 Å². The van der Waals surface area contributed by atoms with Crippen molar-refractivity contribution in [3.05, 3.63) is 30.6 Å². The number of nitrogens with two attached hydrogens (primary N) is 1. The summed E-state index contributed by atoms with van der Waals surface area (Å²) in [5.41, 5.74) is 9.21. The van der Waals surface area contributed by atoms with Gasteiger partial charge in [-0.1, -0.05) is 11.2 Å². The highest BCUT2D eigenvalue weighted by Gasteiger charge is 2.06. The lowest BCUT2D eigenvalue weighted by atomic mass is 10.1. The molecule has 0 saturated carbocycles. The number of hydrogen-bond acceptors (Lipinski definition) is 4. The Morgan fingerprint density at radius 2 is 2.19 bits per heavy atom. The van der Waals surface area contributed by atoms with Crippen LogP contribution in [0.1, 0.15) is 0 Å². The minimum atomic E-state index is 0.320. The number of imidazole rings is 1. The molecule has 2 aromatic heterocycles. The molecular weight excluding hydrogens is 204 g/mol. The second kappa shape index (κ2) is 3.10. The molecule has 3 aromatic rings. The van der Waals surface area contributed by atoms with Gasteiger partial charge >= 0.3 is 0 Å². The number of aryl methyl sites for hydroxylation is 1. The van der Waals surface area contributed by atoms with E-state index in [2.05, 4.69) is 10.1 Å². The SMILES string of the molecule is Cn1cnc2ccc(-c3cc(N)on3)cc21. The van der Waals surface area contributed by atoms with E-state index >= 15 is 0 Å². The fourth-order valence-corrected chi connectivity index (χ4v) is 1.71. The van der Waals surface area contributed by atoms with Gasteiger partial charge < -0.3 is 14.8 Å². The van der Waals surface area contributed by atoms with Crippen LogP contribution in [0.4, 0.5) is 5.88 Å². The van der Waals surface area contributed by atoms with Gasteiger partial charge in [-0.25, -0.2) is 4.98 Å². The van der Waals surface area contributed by atoms with Gasteiger partial charge in [-0.2, -0.15) is 0 Å². The van der Waals surface area contributed by atoms with Gasteiger partial charge in [-0.3, -0.25) is 0 Å². The van der Waals surface area contributed by atoms with Gasteiger partial charge in [-0.15, -0.1) is 0 Å². The van der Waals surface area contributed by atoms with Gasteiger partial charge in [0.1, 0.15) is 5.69 Å². The number of hydrogen-bond donors (Lipinski definition) is 1. The van der Waals surface area contributed by atoms with Crippen LogP contribution in [-0.2, 0) is 7.05 Å². The summed E-state index contributed by atoms with van der Waals surface area (Å²) in [5, 5.41) is 3.88. The van der Waals surface area contributed by atoms with Gasteiger partial charge in [0.05, 0.1) is 17.4 Å². The Kier molecular flexibility index (Phi) is 1.73. The summed E-state index contributed by atoms with van der Waals surface area (Å²) < 4.78 is 6.81. The zero-order valence-electron chi connectivity index (χ0n) is 8.71. The Morgan fingerprint density at radius 1 is 1.31 bits per heavy atom. The van der Waals surface area contributed by atoms with Crippen molar-refractivity contribution in [3.63, 3.8) is 0 Å². The molecule has 1 aromatic carbocycles. The van der Waals surface area contributed by atoms with E-state index in [0.717, 1.165) is 22.3 Å². The summed E-state index contributed by atoms with van der Waals surface area (Å²) in [4.78, 5) is 4.25. The zero-order valence-corrected chi connectivity index (χ0v) is 8.71. The molecule has 0 saturated heterocycles. The number of nitrogens with zero attached hydrogens (tertiary/aromatic N) is 3. The first-order valence-corrected chi connectivity index (χ1v) is 4.88. The highest BCUT2D eigenvalue weighted by Crippen LogP contribution is 2.23. The first-order chi connectivity index (χ1) is 7.74. The van der Waals surface area contributed by atoms with E-state index < -0.39 is 0 Å². The van der Waals surface area contributed by atoms with Gasteiger partial charge in [0.2, 0.25) is 5.88 Å².